The van der Waals surface area contributed by atoms with Gasteiger partial charge in [0.2, 0.25) is 0 Å². The Morgan fingerprint density at radius 2 is 1.92 bits per heavy atom. The van der Waals surface area contributed by atoms with Crippen LogP contribution in [0.4, 0.5) is 5.82 Å². The number of nitrogens with zero attached hydrogens (tertiary/aromatic N) is 3. The van der Waals surface area contributed by atoms with Gasteiger partial charge in [0.05, 0.1) is 11.5 Å². The number of rotatable bonds is 10. The highest BCUT2D eigenvalue weighted by Gasteiger charge is 2.46. The highest BCUT2D eigenvalue weighted by Crippen LogP contribution is 2.63. The number of phosphoric acid groups is 2. The lowest BCUT2D eigenvalue weighted by Crippen LogP contribution is -2.25. The number of aliphatic hydroxyl groups is 1. The summed E-state index contributed by atoms with van der Waals surface area (Å²) in [5.41, 5.74) is 8.15. The molecule has 3 aromatic rings. The molecule has 0 saturated carbocycles. The summed E-state index contributed by atoms with van der Waals surface area (Å²) < 4.78 is 57.5. The number of anilines is 1. The molecule has 0 aliphatic carbocycles. The molecule has 0 radical (unpaired) electrons. The maximum absolute atomic E-state index is 11.9. The first-order chi connectivity index (χ1) is 17.0. The number of aromatic nitrogens is 3. The molecule has 194 valence electrons. The van der Waals surface area contributed by atoms with Crippen LogP contribution in [0.15, 0.2) is 42.9 Å². The van der Waals surface area contributed by atoms with Gasteiger partial charge in [-0.3, -0.25) is 4.89 Å². The second kappa shape index (κ2) is 10.7. The molecular formula is C17H20N4O12P3+. The van der Waals surface area contributed by atoms with Crippen molar-refractivity contribution in [2.24, 2.45) is 0 Å². The van der Waals surface area contributed by atoms with Gasteiger partial charge in [0, 0.05) is 22.7 Å². The lowest BCUT2D eigenvalue weighted by atomic mass is 10.1. The molecule has 0 spiro atoms. The minimum atomic E-state index is -5.42. The van der Waals surface area contributed by atoms with Crippen LogP contribution in [-0.2, 0) is 36.3 Å². The van der Waals surface area contributed by atoms with Crippen molar-refractivity contribution in [3.63, 3.8) is 0 Å². The fourth-order valence-electron chi connectivity index (χ4n) is 3.60. The van der Waals surface area contributed by atoms with Crippen molar-refractivity contribution >= 4 is 40.8 Å². The lowest BCUT2D eigenvalue weighted by molar-refractivity contribution is -0.157. The number of nitrogen functional groups attached to an aromatic ring is 1. The van der Waals surface area contributed by atoms with Crippen molar-refractivity contribution in [1.82, 2.24) is 14.5 Å². The molecule has 1 fully saturated rings. The van der Waals surface area contributed by atoms with E-state index < -0.39 is 48.9 Å². The predicted molar refractivity (Wildman–Crippen MR) is 121 cm³/mol. The van der Waals surface area contributed by atoms with Crippen molar-refractivity contribution in [3.05, 3.63) is 42.9 Å². The fourth-order valence-corrected chi connectivity index (χ4v) is 6.28. The van der Waals surface area contributed by atoms with Gasteiger partial charge in [-0.2, -0.15) is 4.31 Å². The minimum Gasteiger partial charge on any atom is -0.390 e. The summed E-state index contributed by atoms with van der Waals surface area (Å²) >= 11 is 0. The van der Waals surface area contributed by atoms with E-state index in [9.17, 15) is 23.7 Å². The zero-order valence-electron chi connectivity index (χ0n) is 18.0. The molecule has 1 aliphatic rings. The quantitative estimate of drug-likeness (QED) is 0.135. The molecule has 36 heavy (non-hydrogen) atoms. The highest BCUT2D eigenvalue weighted by molar-refractivity contribution is 7.64. The largest absolute Gasteiger partial charge is 0.708 e. The topological polar surface area (TPSA) is 235 Å². The van der Waals surface area contributed by atoms with Crippen LogP contribution in [0.2, 0.25) is 0 Å². The molecule has 0 amide bonds. The van der Waals surface area contributed by atoms with E-state index in [0.717, 1.165) is 11.1 Å². The van der Waals surface area contributed by atoms with E-state index >= 15 is 0 Å². The van der Waals surface area contributed by atoms with E-state index in [-0.39, 0.29) is 12.2 Å². The van der Waals surface area contributed by atoms with E-state index in [2.05, 4.69) is 23.3 Å². The number of nitrogens with two attached hydrogens (primary N) is 1. The summed E-state index contributed by atoms with van der Waals surface area (Å²) in [5.74, 6) is 0.250. The molecule has 0 bridgehead atoms. The van der Waals surface area contributed by atoms with Crippen molar-refractivity contribution in [2.75, 3.05) is 12.3 Å². The molecule has 4 rings (SSSR count). The van der Waals surface area contributed by atoms with Crippen molar-refractivity contribution in [2.45, 2.75) is 24.9 Å². The molecule has 6 N–H and O–H groups in total. The van der Waals surface area contributed by atoms with E-state index in [1.165, 1.54) is 6.33 Å². The number of hydrogen-bond acceptors (Lipinski definition) is 13. The zero-order valence-corrected chi connectivity index (χ0v) is 20.7. The third-order valence-electron chi connectivity index (χ3n) is 5.06. The minimum absolute atomic E-state index is 0.0801. The standard InChI is InChI=1S/C17H19N4O12P3/c18-16-15-11(10-4-2-1-3-5-10)7-21(17(15)20-9-19-16)14-6-12(22)13(30-14)8-29-34(24)32-36(27,28)33-35(25,26)31-23/h1-5,7,9,12-14,22H,6,8H2,(H4-,18,19,20,23,25,26,27,28)/p+1/t12-,13+,14+/m0/s1. The van der Waals surface area contributed by atoms with Gasteiger partial charge in [0.25, 0.3) is 0 Å². The second-order valence-corrected chi connectivity index (χ2v) is 11.5. The Balaban J connectivity index is 1.47. The molecule has 16 nitrogen and oxygen atoms in total. The first-order valence-corrected chi connectivity index (χ1v) is 14.1. The number of fused-ring (bicyclic) bond motifs is 1. The van der Waals surface area contributed by atoms with Crippen LogP contribution in [0.3, 0.4) is 0 Å². The molecule has 1 aliphatic heterocycles. The SMILES string of the molecule is Nc1ncnc2c1c(-c1ccccc1)cn2[C@H]1C[C@H](O)[C@@H](CO[P+](=O)OP(=O)(O)OP(=O)(O)OO)O1. The lowest BCUT2D eigenvalue weighted by Gasteiger charge is -2.14. The summed E-state index contributed by atoms with van der Waals surface area (Å²) in [5, 5.41) is 19.2. The Labute approximate surface area is 203 Å². The average Bonchev–Trinajstić information content (AvgIpc) is 3.38. The Bertz CT molecular complexity index is 1360. The van der Waals surface area contributed by atoms with E-state index in [1.54, 1.807) is 10.8 Å². The van der Waals surface area contributed by atoms with Gasteiger partial charge in [-0.05, 0) is 9.87 Å². The van der Waals surface area contributed by atoms with Crippen LogP contribution in [0, 0.1) is 0 Å². The van der Waals surface area contributed by atoms with Gasteiger partial charge in [-0.1, -0.05) is 30.3 Å². The Morgan fingerprint density at radius 3 is 2.61 bits per heavy atom. The molecule has 6 atom stereocenters. The van der Waals surface area contributed by atoms with Crippen LogP contribution >= 0.6 is 23.9 Å². The van der Waals surface area contributed by atoms with Crippen molar-refractivity contribution in [3.8, 4) is 11.1 Å². The summed E-state index contributed by atoms with van der Waals surface area (Å²) in [6.45, 7) is -0.554. The van der Waals surface area contributed by atoms with Gasteiger partial charge in [0.15, 0.2) is 0 Å². The maximum Gasteiger partial charge on any atom is 0.708 e. The Morgan fingerprint density at radius 1 is 1.19 bits per heavy atom. The molecule has 1 saturated heterocycles. The smallest absolute Gasteiger partial charge is 0.390 e. The summed E-state index contributed by atoms with van der Waals surface area (Å²) in [7, 11) is -14.1. The Hall–Kier alpha value is -2.16. The van der Waals surface area contributed by atoms with Gasteiger partial charge in [-0.25, -0.2) is 24.4 Å². The Kier molecular flexibility index (Phi) is 7.98. The molecule has 1 aromatic carbocycles. The van der Waals surface area contributed by atoms with Crippen LogP contribution in [-0.4, -0.2) is 53.5 Å². The van der Waals surface area contributed by atoms with Crippen LogP contribution < -0.4 is 5.73 Å². The molecule has 2 aromatic heterocycles. The van der Waals surface area contributed by atoms with Gasteiger partial charge in [0.1, 0.15) is 36.7 Å². The van der Waals surface area contributed by atoms with Gasteiger partial charge < -0.3 is 25.0 Å². The number of benzene rings is 1. The zero-order chi connectivity index (χ0) is 26.1. The summed E-state index contributed by atoms with van der Waals surface area (Å²) in [4.78, 5) is 26.5. The number of hydrogen-bond donors (Lipinski definition) is 5. The normalized spacial score (nSPS) is 23.9. The maximum atomic E-state index is 11.9. The van der Waals surface area contributed by atoms with Gasteiger partial charge in [-0.15, -0.1) is 9.20 Å². The van der Waals surface area contributed by atoms with Crippen molar-refractivity contribution < 1.29 is 56.4 Å². The summed E-state index contributed by atoms with van der Waals surface area (Å²) in [6, 6.07) is 9.35. The first kappa shape index (κ1) is 26.9. The molecule has 3 unspecified atom stereocenters. The molecule has 3 heterocycles. The predicted octanol–water partition coefficient (Wildman–Crippen LogP) is 2.73. The van der Waals surface area contributed by atoms with E-state index in [1.807, 2.05) is 30.3 Å². The highest BCUT2D eigenvalue weighted by atomic mass is 31.3. The third kappa shape index (κ3) is 6.03. The van der Waals surface area contributed by atoms with Crippen molar-refractivity contribution in [1.29, 1.82) is 0 Å². The molecule has 19 heteroatoms. The average molecular weight is 565 g/mol. The molecular weight excluding hydrogens is 545 g/mol. The fraction of sp³-hybridized carbons (Fsp3) is 0.294. The summed E-state index contributed by atoms with van der Waals surface area (Å²) in [6.07, 6.45) is 0.239. The third-order valence-corrected chi connectivity index (χ3v) is 8.64. The van der Waals surface area contributed by atoms with E-state index in [4.69, 9.17) is 25.1 Å². The number of ether oxygens (including phenoxy) is 1. The van der Waals surface area contributed by atoms with Gasteiger partial charge >= 0.3 is 23.9 Å². The first-order valence-electron chi connectivity index (χ1n) is 9.99. The van der Waals surface area contributed by atoms with Crippen LogP contribution in [0.5, 0.6) is 0 Å². The van der Waals surface area contributed by atoms with Crippen LogP contribution in [0.1, 0.15) is 12.6 Å². The number of aliphatic hydroxyl groups excluding tert-OH is 1. The van der Waals surface area contributed by atoms with Crippen LogP contribution in [0.25, 0.3) is 22.2 Å². The monoisotopic (exact) mass is 565 g/mol. The second-order valence-electron chi connectivity index (χ2n) is 7.41. The van der Waals surface area contributed by atoms with E-state index in [0.29, 0.717) is 11.0 Å².